The predicted octanol–water partition coefficient (Wildman–Crippen LogP) is 2.17. The van der Waals surface area contributed by atoms with E-state index in [0.29, 0.717) is 0 Å². The largest absolute Gasteiger partial charge is 0.253 e. The van der Waals surface area contributed by atoms with Gasteiger partial charge in [0.15, 0.2) is 0 Å². The van der Waals surface area contributed by atoms with Crippen LogP contribution in [0.2, 0.25) is 0 Å². The molecule has 1 aliphatic rings. The van der Waals surface area contributed by atoms with E-state index in [4.69, 9.17) is 0 Å². The van der Waals surface area contributed by atoms with Crippen molar-refractivity contribution in [2.75, 3.05) is 14.1 Å². The molecule has 1 fully saturated rings. The molecule has 12 heavy (non-hydrogen) atoms. The Morgan fingerprint density at radius 3 is 1.92 bits per heavy atom. The Balaban J connectivity index is 2.20. The molecule has 0 aliphatic heterocycles. The van der Waals surface area contributed by atoms with Crippen LogP contribution in [-0.2, 0) is 0 Å². The fourth-order valence-electron chi connectivity index (χ4n) is 1.95. The topological polar surface area (TPSA) is 15.3 Å². The van der Waals surface area contributed by atoms with Crippen molar-refractivity contribution in [3.05, 3.63) is 0 Å². The standard InChI is InChI=1S/C10H22N2/c1-12(2)11-10-8-6-4-3-5-7-9-10/h10-11H,3-9H2,1-2H3. The maximum Gasteiger partial charge on any atom is 0.0215 e. The molecule has 0 bridgehead atoms. The Morgan fingerprint density at radius 1 is 0.917 bits per heavy atom. The molecule has 0 atom stereocenters. The fraction of sp³-hybridized carbons (Fsp3) is 1.00. The van der Waals surface area contributed by atoms with Crippen LogP contribution in [0, 0.1) is 0 Å². The van der Waals surface area contributed by atoms with Crippen LogP contribution in [0.5, 0.6) is 0 Å². The van der Waals surface area contributed by atoms with E-state index in [0.717, 1.165) is 6.04 Å². The van der Waals surface area contributed by atoms with E-state index in [-0.39, 0.29) is 0 Å². The van der Waals surface area contributed by atoms with Gasteiger partial charge in [0.05, 0.1) is 0 Å². The Labute approximate surface area is 76.3 Å². The first kappa shape index (κ1) is 10.0. The van der Waals surface area contributed by atoms with Crippen molar-refractivity contribution in [3.8, 4) is 0 Å². The van der Waals surface area contributed by atoms with Gasteiger partial charge in [0.2, 0.25) is 0 Å². The Hall–Kier alpha value is -0.0800. The molecule has 1 N–H and O–H groups in total. The van der Waals surface area contributed by atoms with Crippen molar-refractivity contribution in [1.82, 2.24) is 10.4 Å². The lowest BCUT2D eigenvalue weighted by Crippen LogP contribution is -2.39. The maximum absolute atomic E-state index is 3.48. The van der Waals surface area contributed by atoms with Crippen LogP contribution in [0.4, 0.5) is 0 Å². The van der Waals surface area contributed by atoms with E-state index in [1.165, 1.54) is 44.9 Å². The first-order valence-corrected chi connectivity index (χ1v) is 5.22. The number of rotatable bonds is 2. The minimum atomic E-state index is 0.736. The lowest BCUT2D eigenvalue weighted by atomic mass is 9.97. The number of hydrogen-bond donors (Lipinski definition) is 1. The van der Waals surface area contributed by atoms with E-state index in [9.17, 15) is 0 Å². The normalized spacial score (nSPS) is 22.2. The number of hydrazine groups is 1. The molecule has 0 aromatic rings. The monoisotopic (exact) mass is 170 g/mol. The molecule has 1 rings (SSSR count). The molecule has 1 saturated carbocycles. The van der Waals surface area contributed by atoms with Gasteiger partial charge in [0.25, 0.3) is 0 Å². The van der Waals surface area contributed by atoms with Gasteiger partial charge in [-0.05, 0) is 12.8 Å². The molecule has 2 nitrogen and oxygen atoms in total. The summed E-state index contributed by atoms with van der Waals surface area (Å²) < 4.78 is 0. The van der Waals surface area contributed by atoms with Crippen molar-refractivity contribution in [1.29, 1.82) is 0 Å². The van der Waals surface area contributed by atoms with Crippen LogP contribution in [0.25, 0.3) is 0 Å². The van der Waals surface area contributed by atoms with E-state index in [1.807, 2.05) is 0 Å². The van der Waals surface area contributed by atoms with Gasteiger partial charge < -0.3 is 0 Å². The molecule has 0 radical (unpaired) electrons. The molecule has 0 amide bonds. The number of hydrogen-bond acceptors (Lipinski definition) is 2. The third-order valence-electron chi connectivity index (χ3n) is 2.55. The van der Waals surface area contributed by atoms with Crippen molar-refractivity contribution in [2.45, 2.75) is 51.0 Å². The summed E-state index contributed by atoms with van der Waals surface area (Å²) in [6, 6.07) is 0.736. The third-order valence-corrected chi connectivity index (χ3v) is 2.55. The fourth-order valence-corrected chi connectivity index (χ4v) is 1.95. The van der Waals surface area contributed by atoms with Gasteiger partial charge in [0.1, 0.15) is 0 Å². The average Bonchev–Trinajstić information content (AvgIpc) is 1.93. The highest BCUT2D eigenvalue weighted by Crippen LogP contribution is 2.16. The molecule has 0 aromatic heterocycles. The summed E-state index contributed by atoms with van der Waals surface area (Å²) in [5, 5.41) is 2.09. The van der Waals surface area contributed by atoms with Gasteiger partial charge in [-0.1, -0.05) is 32.1 Å². The van der Waals surface area contributed by atoms with Crippen molar-refractivity contribution < 1.29 is 0 Å². The van der Waals surface area contributed by atoms with Crippen LogP contribution in [0.3, 0.4) is 0 Å². The molecular weight excluding hydrogens is 148 g/mol. The van der Waals surface area contributed by atoms with E-state index < -0.39 is 0 Å². The molecule has 72 valence electrons. The Morgan fingerprint density at radius 2 is 1.42 bits per heavy atom. The minimum absolute atomic E-state index is 0.736. The maximum atomic E-state index is 3.48. The zero-order valence-corrected chi connectivity index (χ0v) is 8.47. The average molecular weight is 170 g/mol. The number of nitrogens with one attached hydrogen (secondary N) is 1. The second kappa shape index (κ2) is 5.55. The van der Waals surface area contributed by atoms with E-state index >= 15 is 0 Å². The smallest absolute Gasteiger partial charge is 0.0215 e. The Bertz CT molecular complexity index is 104. The lowest BCUT2D eigenvalue weighted by Gasteiger charge is -2.24. The van der Waals surface area contributed by atoms with Gasteiger partial charge in [0, 0.05) is 20.1 Å². The zero-order valence-electron chi connectivity index (χ0n) is 8.47. The van der Waals surface area contributed by atoms with Crippen molar-refractivity contribution >= 4 is 0 Å². The third kappa shape index (κ3) is 4.07. The molecule has 0 aromatic carbocycles. The molecule has 0 unspecified atom stereocenters. The van der Waals surface area contributed by atoms with E-state index in [2.05, 4.69) is 24.5 Å². The lowest BCUT2D eigenvalue weighted by molar-refractivity contribution is 0.215. The zero-order chi connectivity index (χ0) is 8.81. The van der Waals surface area contributed by atoms with E-state index in [1.54, 1.807) is 0 Å². The van der Waals surface area contributed by atoms with Gasteiger partial charge in [-0.2, -0.15) is 0 Å². The van der Waals surface area contributed by atoms with Crippen LogP contribution < -0.4 is 5.43 Å². The van der Waals surface area contributed by atoms with Gasteiger partial charge in [-0.25, -0.2) is 0 Å². The second-order valence-electron chi connectivity index (χ2n) is 4.07. The quantitative estimate of drug-likeness (QED) is 0.639. The van der Waals surface area contributed by atoms with Crippen LogP contribution in [0.1, 0.15) is 44.9 Å². The number of nitrogens with zero attached hydrogens (tertiary/aromatic N) is 1. The molecule has 0 spiro atoms. The molecular formula is C10H22N2. The highest BCUT2D eigenvalue weighted by molar-refractivity contribution is 4.67. The van der Waals surface area contributed by atoms with Crippen molar-refractivity contribution in [2.24, 2.45) is 0 Å². The summed E-state index contributed by atoms with van der Waals surface area (Å²) in [6.45, 7) is 0. The summed E-state index contributed by atoms with van der Waals surface area (Å²) >= 11 is 0. The molecule has 0 heterocycles. The SMILES string of the molecule is CN(C)NC1CCCCCCC1. The van der Waals surface area contributed by atoms with Crippen LogP contribution in [0.15, 0.2) is 0 Å². The first-order chi connectivity index (χ1) is 5.79. The summed E-state index contributed by atoms with van der Waals surface area (Å²) in [4.78, 5) is 0. The first-order valence-electron chi connectivity index (χ1n) is 5.22. The minimum Gasteiger partial charge on any atom is -0.253 e. The van der Waals surface area contributed by atoms with Gasteiger partial charge >= 0.3 is 0 Å². The van der Waals surface area contributed by atoms with Crippen molar-refractivity contribution in [3.63, 3.8) is 0 Å². The molecule has 2 heteroatoms. The van der Waals surface area contributed by atoms with Gasteiger partial charge in [-0.15, -0.1) is 0 Å². The second-order valence-corrected chi connectivity index (χ2v) is 4.07. The summed E-state index contributed by atoms with van der Waals surface area (Å²) in [7, 11) is 4.16. The summed E-state index contributed by atoms with van der Waals surface area (Å²) in [5.41, 5.74) is 3.48. The summed E-state index contributed by atoms with van der Waals surface area (Å²) in [5.74, 6) is 0. The Kier molecular flexibility index (Phi) is 4.62. The molecule has 1 aliphatic carbocycles. The predicted molar refractivity (Wildman–Crippen MR) is 52.9 cm³/mol. The van der Waals surface area contributed by atoms with Crippen LogP contribution >= 0.6 is 0 Å². The van der Waals surface area contributed by atoms with Crippen LogP contribution in [-0.4, -0.2) is 25.1 Å². The van der Waals surface area contributed by atoms with Gasteiger partial charge in [-0.3, -0.25) is 10.4 Å². The highest BCUT2D eigenvalue weighted by atomic mass is 15.5. The summed E-state index contributed by atoms with van der Waals surface area (Å²) in [6.07, 6.45) is 9.86. The highest BCUT2D eigenvalue weighted by Gasteiger charge is 2.10. The molecule has 0 saturated heterocycles.